The Balaban J connectivity index is 2.03. The summed E-state index contributed by atoms with van der Waals surface area (Å²) in [5.74, 6) is -0.0920. The molecule has 0 saturated carbocycles. The predicted octanol–water partition coefficient (Wildman–Crippen LogP) is 2.42. The molecule has 18 heavy (non-hydrogen) atoms. The summed E-state index contributed by atoms with van der Waals surface area (Å²) in [6.45, 7) is 2.41. The highest BCUT2D eigenvalue weighted by Gasteiger charge is 2.09. The summed E-state index contributed by atoms with van der Waals surface area (Å²) in [4.78, 5) is 16.3. The van der Waals surface area contributed by atoms with E-state index in [2.05, 4.69) is 15.6 Å². The van der Waals surface area contributed by atoms with E-state index in [4.69, 9.17) is 0 Å². The van der Waals surface area contributed by atoms with Crippen LogP contribution >= 0.6 is 11.3 Å². The fraction of sp³-hybridized carbons (Fsp3) is 0.231. The molecule has 5 heteroatoms. The van der Waals surface area contributed by atoms with Crippen molar-refractivity contribution in [2.75, 3.05) is 12.4 Å². The maximum Gasteiger partial charge on any atom is 0.253 e. The Bertz CT molecular complexity index is 551. The van der Waals surface area contributed by atoms with Crippen LogP contribution in [-0.2, 0) is 6.54 Å². The van der Waals surface area contributed by atoms with Crippen molar-refractivity contribution in [1.82, 2.24) is 10.3 Å². The molecule has 1 heterocycles. The Kier molecular flexibility index (Phi) is 3.94. The van der Waals surface area contributed by atoms with Crippen molar-refractivity contribution < 1.29 is 4.79 Å². The third kappa shape index (κ3) is 2.87. The largest absolute Gasteiger partial charge is 0.387 e. The number of nitrogens with zero attached hydrogens (tertiary/aromatic N) is 1. The van der Waals surface area contributed by atoms with Crippen molar-refractivity contribution in [2.45, 2.75) is 13.5 Å². The van der Waals surface area contributed by atoms with E-state index in [1.54, 1.807) is 24.5 Å². The van der Waals surface area contributed by atoms with E-state index in [0.717, 1.165) is 16.4 Å². The summed E-state index contributed by atoms with van der Waals surface area (Å²) in [7, 11) is 1.80. The Morgan fingerprint density at radius 2 is 2.17 bits per heavy atom. The predicted molar refractivity (Wildman–Crippen MR) is 74.0 cm³/mol. The average molecular weight is 261 g/mol. The number of anilines is 1. The standard InChI is InChI=1S/C13H15N3OS/c1-9-16-10(8-18-9)7-15-13(17)11-5-3-4-6-12(11)14-2/h3-6,8,14H,7H2,1-2H3,(H,15,17). The molecule has 2 rings (SSSR count). The van der Waals surface area contributed by atoms with Crippen LogP contribution in [0.2, 0.25) is 0 Å². The van der Waals surface area contributed by atoms with Crippen LogP contribution in [0, 0.1) is 6.92 Å². The van der Waals surface area contributed by atoms with Gasteiger partial charge in [-0.2, -0.15) is 0 Å². The Morgan fingerprint density at radius 1 is 1.39 bits per heavy atom. The lowest BCUT2D eigenvalue weighted by Crippen LogP contribution is -2.23. The molecule has 1 aromatic carbocycles. The molecule has 2 aromatic rings. The fourth-order valence-electron chi connectivity index (χ4n) is 1.65. The average Bonchev–Trinajstić information content (AvgIpc) is 2.81. The first kappa shape index (κ1) is 12.6. The van der Waals surface area contributed by atoms with Crippen LogP contribution in [0.3, 0.4) is 0 Å². The zero-order chi connectivity index (χ0) is 13.0. The van der Waals surface area contributed by atoms with E-state index in [-0.39, 0.29) is 5.91 Å². The zero-order valence-corrected chi connectivity index (χ0v) is 11.2. The molecule has 0 aliphatic carbocycles. The molecule has 94 valence electrons. The lowest BCUT2D eigenvalue weighted by atomic mass is 10.1. The van der Waals surface area contributed by atoms with Gasteiger partial charge in [0.15, 0.2) is 0 Å². The highest BCUT2D eigenvalue weighted by atomic mass is 32.1. The van der Waals surface area contributed by atoms with Gasteiger partial charge in [0.2, 0.25) is 0 Å². The van der Waals surface area contributed by atoms with E-state index in [1.807, 2.05) is 30.5 Å². The molecule has 0 atom stereocenters. The second-order valence-corrected chi connectivity index (χ2v) is 4.90. The van der Waals surface area contributed by atoms with Crippen LogP contribution in [0.25, 0.3) is 0 Å². The van der Waals surface area contributed by atoms with Gasteiger partial charge in [0.25, 0.3) is 5.91 Å². The smallest absolute Gasteiger partial charge is 0.253 e. The first-order valence-electron chi connectivity index (χ1n) is 5.66. The summed E-state index contributed by atoms with van der Waals surface area (Å²) in [6, 6.07) is 7.42. The van der Waals surface area contributed by atoms with E-state index in [0.29, 0.717) is 12.1 Å². The SMILES string of the molecule is CNc1ccccc1C(=O)NCc1csc(C)n1. The number of aromatic nitrogens is 1. The highest BCUT2D eigenvalue weighted by Crippen LogP contribution is 2.14. The molecule has 2 N–H and O–H groups in total. The zero-order valence-electron chi connectivity index (χ0n) is 10.4. The maximum atomic E-state index is 12.0. The molecule has 0 bridgehead atoms. The number of hydrogen-bond donors (Lipinski definition) is 2. The van der Waals surface area contributed by atoms with E-state index < -0.39 is 0 Å². The number of thiazole rings is 1. The molecule has 1 aromatic heterocycles. The van der Waals surface area contributed by atoms with Gasteiger partial charge in [-0.15, -0.1) is 11.3 Å². The van der Waals surface area contributed by atoms with Crippen LogP contribution in [0.4, 0.5) is 5.69 Å². The number of carbonyl (C=O) groups is 1. The van der Waals surface area contributed by atoms with Crippen LogP contribution in [0.5, 0.6) is 0 Å². The van der Waals surface area contributed by atoms with Gasteiger partial charge in [0, 0.05) is 18.1 Å². The molecule has 0 radical (unpaired) electrons. The minimum atomic E-state index is -0.0920. The number of hydrogen-bond acceptors (Lipinski definition) is 4. The van der Waals surface area contributed by atoms with Crippen LogP contribution < -0.4 is 10.6 Å². The second kappa shape index (κ2) is 5.64. The van der Waals surface area contributed by atoms with Gasteiger partial charge < -0.3 is 10.6 Å². The first-order valence-corrected chi connectivity index (χ1v) is 6.54. The number of para-hydroxylation sites is 1. The van der Waals surface area contributed by atoms with Crippen molar-refractivity contribution in [1.29, 1.82) is 0 Å². The van der Waals surface area contributed by atoms with E-state index in [1.165, 1.54) is 0 Å². The normalized spacial score (nSPS) is 10.1. The molecule has 4 nitrogen and oxygen atoms in total. The van der Waals surface area contributed by atoms with Gasteiger partial charge in [0.05, 0.1) is 22.8 Å². The maximum absolute atomic E-state index is 12.0. The van der Waals surface area contributed by atoms with Gasteiger partial charge in [-0.05, 0) is 19.1 Å². The van der Waals surface area contributed by atoms with Gasteiger partial charge in [-0.3, -0.25) is 4.79 Å². The fourth-order valence-corrected chi connectivity index (χ4v) is 2.27. The highest BCUT2D eigenvalue weighted by molar-refractivity contribution is 7.09. The molecular weight excluding hydrogens is 246 g/mol. The molecular formula is C13H15N3OS. The molecule has 0 aliphatic rings. The summed E-state index contributed by atoms with van der Waals surface area (Å²) in [6.07, 6.45) is 0. The number of amides is 1. The Hall–Kier alpha value is -1.88. The van der Waals surface area contributed by atoms with E-state index in [9.17, 15) is 4.79 Å². The molecule has 0 aliphatic heterocycles. The number of aryl methyl sites for hydroxylation is 1. The second-order valence-electron chi connectivity index (χ2n) is 3.84. The number of carbonyl (C=O) groups excluding carboxylic acids is 1. The third-order valence-electron chi connectivity index (χ3n) is 2.54. The van der Waals surface area contributed by atoms with Gasteiger partial charge >= 0.3 is 0 Å². The van der Waals surface area contributed by atoms with Crippen molar-refractivity contribution in [2.24, 2.45) is 0 Å². The van der Waals surface area contributed by atoms with Gasteiger partial charge in [0.1, 0.15) is 0 Å². The van der Waals surface area contributed by atoms with Crippen molar-refractivity contribution in [3.8, 4) is 0 Å². The summed E-state index contributed by atoms with van der Waals surface area (Å²) in [5.41, 5.74) is 2.36. The summed E-state index contributed by atoms with van der Waals surface area (Å²) >= 11 is 1.58. The van der Waals surface area contributed by atoms with E-state index >= 15 is 0 Å². The monoisotopic (exact) mass is 261 g/mol. The molecule has 0 unspecified atom stereocenters. The first-order chi connectivity index (χ1) is 8.70. The Morgan fingerprint density at radius 3 is 2.83 bits per heavy atom. The summed E-state index contributed by atoms with van der Waals surface area (Å²) in [5, 5.41) is 8.84. The van der Waals surface area contributed by atoms with Crippen molar-refractivity contribution >= 4 is 22.9 Å². The number of rotatable bonds is 4. The molecule has 0 spiro atoms. The lowest BCUT2D eigenvalue weighted by Gasteiger charge is -2.08. The molecule has 1 amide bonds. The lowest BCUT2D eigenvalue weighted by molar-refractivity contribution is 0.0951. The minimum absolute atomic E-state index is 0.0920. The summed E-state index contributed by atoms with van der Waals surface area (Å²) < 4.78 is 0. The van der Waals surface area contributed by atoms with Crippen LogP contribution in [0.15, 0.2) is 29.6 Å². The number of benzene rings is 1. The van der Waals surface area contributed by atoms with Crippen LogP contribution in [0.1, 0.15) is 21.1 Å². The van der Waals surface area contributed by atoms with Gasteiger partial charge in [-0.1, -0.05) is 12.1 Å². The quantitative estimate of drug-likeness (QED) is 0.888. The Labute approximate surface area is 110 Å². The van der Waals surface area contributed by atoms with Crippen molar-refractivity contribution in [3.63, 3.8) is 0 Å². The molecule has 0 saturated heterocycles. The van der Waals surface area contributed by atoms with Gasteiger partial charge in [-0.25, -0.2) is 4.98 Å². The third-order valence-corrected chi connectivity index (χ3v) is 3.36. The molecule has 0 fully saturated rings. The van der Waals surface area contributed by atoms with Crippen molar-refractivity contribution in [3.05, 3.63) is 45.9 Å². The number of nitrogens with one attached hydrogen (secondary N) is 2. The van der Waals surface area contributed by atoms with Crippen LogP contribution in [-0.4, -0.2) is 17.9 Å². The minimum Gasteiger partial charge on any atom is -0.387 e. The topological polar surface area (TPSA) is 54.0 Å².